The van der Waals surface area contributed by atoms with Crippen molar-refractivity contribution in [1.82, 2.24) is 9.80 Å². The molecule has 0 aliphatic heterocycles. The van der Waals surface area contributed by atoms with Gasteiger partial charge in [0, 0.05) is 12.6 Å². The van der Waals surface area contributed by atoms with Crippen molar-refractivity contribution in [2.45, 2.75) is 27.7 Å². The minimum absolute atomic E-state index is 1.07. The fourth-order valence-electron chi connectivity index (χ4n) is 1.26. The van der Waals surface area contributed by atoms with Crippen LogP contribution >= 0.6 is 8.58 Å². The molecule has 3 heteroatoms. The van der Waals surface area contributed by atoms with Crippen molar-refractivity contribution in [1.29, 1.82) is 0 Å². The van der Waals surface area contributed by atoms with E-state index in [9.17, 15) is 0 Å². The number of hydrogen-bond donors (Lipinski definition) is 0. The molecule has 0 heterocycles. The smallest absolute Gasteiger partial charge is 0.0167 e. The minimum Gasteiger partial charge on any atom is -0.300 e. The van der Waals surface area contributed by atoms with Crippen LogP contribution in [-0.2, 0) is 0 Å². The molecule has 0 spiro atoms. The first-order valence-electron chi connectivity index (χ1n) is 5.43. The van der Waals surface area contributed by atoms with Crippen LogP contribution < -0.4 is 0 Å². The standard InChI is InChI=1S/C10H25N2P/c1-5-11(6-2)9-13-10-12(7-3)8-4/h13H,5-10H2,1-4H3. The second-order valence-electron chi connectivity index (χ2n) is 3.17. The molecular formula is C10H25N2P. The third kappa shape index (κ3) is 6.42. The molecule has 0 saturated carbocycles. The van der Waals surface area contributed by atoms with Gasteiger partial charge in [0.1, 0.15) is 0 Å². The molecule has 80 valence electrons. The Bertz CT molecular complexity index is 89.1. The van der Waals surface area contributed by atoms with Crippen molar-refractivity contribution in [3.63, 3.8) is 0 Å². The lowest BCUT2D eigenvalue weighted by Crippen LogP contribution is -2.25. The summed E-state index contributed by atoms with van der Waals surface area (Å²) in [5.74, 6) is 0. The molecule has 0 fully saturated rings. The van der Waals surface area contributed by atoms with Gasteiger partial charge in [-0.05, 0) is 26.2 Å². The lowest BCUT2D eigenvalue weighted by atomic mass is 10.6. The Balaban J connectivity index is 3.41. The molecule has 0 atom stereocenters. The van der Waals surface area contributed by atoms with E-state index in [1.54, 1.807) is 0 Å². The predicted octanol–water partition coefficient (Wildman–Crippen LogP) is 2.26. The molecule has 0 radical (unpaired) electrons. The van der Waals surface area contributed by atoms with Gasteiger partial charge in [-0.25, -0.2) is 0 Å². The Labute approximate surface area is 85.5 Å². The van der Waals surface area contributed by atoms with Gasteiger partial charge in [0.2, 0.25) is 0 Å². The van der Waals surface area contributed by atoms with E-state index < -0.39 is 0 Å². The van der Waals surface area contributed by atoms with Crippen LogP contribution in [0.4, 0.5) is 0 Å². The van der Waals surface area contributed by atoms with Gasteiger partial charge >= 0.3 is 0 Å². The maximum absolute atomic E-state index is 2.50. The summed E-state index contributed by atoms with van der Waals surface area (Å²) in [5, 5.41) is 0. The van der Waals surface area contributed by atoms with E-state index in [0.29, 0.717) is 0 Å². The average Bonchev–Trinajstić information content (AvgIpc) is 2.19. The molecule has 0 aromatic rings. The van der Waals surface area contributed by atoms with E-state index in [1.807, 2.05) is 0 Å². The SMILES string of the molecule is CCN(CC)CPCN(CC)CC. The quantitative estimate of drug-likeness (QED) is 0.560. The average molecular weight is 204 g/mol. The summed E-state index contributed by atoms with van der Waals surface area (Å²) in [6, 6.07) is 0. The zero-order chi connectivity index (χ0) is 10.1. The van der Waals surface area contributed by atoms with E-state index >= 15 is 0 Å². The summed E-state index contributed by atoms with van der Waals surface area (Å²) < 4.78 is 0. The highest BCUT2D eigenvalue weighted by molar-refractivity contribution is 7.37. The Kier molecular flexibility index (Phi) is 9.17. The monoisotopic (exact) mass is 204 g/mol. The van der Waals surface area contributed by atoms with Gasteiger partial charge in [-0.2, -0.15) is 0 Å². The highest BCUT2D eigenvalue weighted by atomic mass is 31.1. The third-order valence-corrected chi connectivity index (χ3v) is 3.80. The maximum atomic E-state index is 2.50. The molecule has 2 nitrogen and oxygen atoms in total. The molecule has 13 heavy (non-hydrogen) atoms. The Morgan fingerprint density at radius 1 is 0.692 bits per heavy atom. The highest BCUT2D eigenvalue weighted by Gasteiger charge is 2.01. The van der Waals surface area contributed by atoms with Crippen molar-refractivity contribution < 1.29 is 0 Å². The van der Waals surface area contributed by atoms with Gasteiger partial charge in [0.25, 0.3) is 0 Å². The van der Waals surface area contributed by atoms with Crippen LogP contribution in [0.1, 0.15) is 27.7 Å². The van der Waals surface area contributed by atoms with Crippen molar-refractivity contribution >= 4 is 8.58 Å². The lowest BCUT2D eigenvalue weighted by molar-refractivity contribution is 0.341. The molecule has 0 aliphatic rings. The first-order chi connectivity index (χ1) is 6.28. The zero-order valence-corrected chi connectivity index (χ0v) is 10.6. The normalized spacial score (nSPS) is 11.5. The zero-order valence-electron chi connectivity index (χ0n) is 9.64. The van der Waals surface area contributed by atoms with Gasteiger partial charge in [-0.1, -0.05) is 36.3 Å². The Morgan fingerprint density at radius 2 is 1.00 bits per heavy atom. The van der Waals surface area contributed by atoms with Crippen LogP contribution in [0.3, 0.4) is 0 Å². The molecule has 0 amide bonds. The largest absolute Gasteiger partial charge is 0.300 e. The molecule has 0 saturated heterocycles. The van der Waals surface area contributed by atoms with Crippen LogP contribution in [0.5, 0.6) is 0 Å². The topological polar surface area (TPSA) is 6.48 Å². The molecule has 0 N–H and O–H groups in total. The second-order valence-corrected chi connectivity index (χ2v) is 4.31. The maximum Gasteiger partial charge on any atom is 0.0167 e. The van der Waals surface area contributed by atoms with E-state index in [-0.39, 0.29) is 0 Å². The first-order valence-corrected chi connectivity index (χ1v) is 6.85. The summed E-state index contributed by atoms with van der Waals surface area (Å²) >= 11 is 0. The Hall–Kier alpha value is 0.350. The predicted molar refractivity (Wildman–Crippen MR) is 63.9 cm³/mol. The molecule has 0 rings (SSSR count). The summed E-state index contributed by atoms with van der Waals surface area (Å²) in [7, 11) is 1.07. The van der Waals surface area contributed by atoms with Crippen molar-refractivity contribution in [3.05, 3.63) is 0 Å². The van der Waals surface area contributed by atoms with Crippen molar-refractivity contribution in [2.24, 2.45) is 0 Å². The fraction of sp³-hybridized carbons (Fsp3) is 1.00. The third-order valence-electron chi connectivity index (χ3n) is 2.46. The molecule has 0 aromatic heterocycles. The number of hydrogen-bond acceptors (Lipinski definition) is 2. The van der Waals surface area contributed by atoms with Gasteiger partial charge in [-0.3, -0.25) is 0 Å². The van der Waals surface area contributed by atoms with Gasteiger partial charge in [0.05, 0.1) is 0 Å². The van der Waals surface area contributed by atoms with Gasteiger partial charge in [-0.15, -0.1) is 0 Å². The molecular weight excluding hydrogens is 179 g/mol. The number of rotatable bonds is 8. The van der Waals surface area contributed by atoms with E-state index in [4.69, 9.17) is 0 Å². The fourth-order valence-corrected chi connectivity index (χ4v) is 2.89. The Morgan fingerprint density at radius 3 is 1.23 bits per heavy atom. The minimum atomic E-state index is 1.07. The van der Waals surface area contributed by atoms with Crippen molar-refractivity contribution in [3.8, 4) is 0 Å². The highest BCUT2D eigenvalue weighted by Crippen LogP contribution is 2.13. The van der Waals surface area contributed by atoms with Crippen LogP contribution in [0.15, 0.2) is 0 Å². The van der Waals surface area contributed by atoms with Gasteiger partial charge < -0.3 is 9.80 Å². The first kappa shape index (κ1) is 13.4. The number of nitrogens with zero attached hydrogens (tertiary/aromatic N) is 2. The molecule has 0 unspecified atom stereocenters. The second kappa shape index (κ2) is 8.93. The van der Waals surface area contributed by atoms with Crippen molar-refractivity contribution in [2.75, 3.05) is 38.8 Å². The molecule has 0 bridgehead atoms. The van der Waals surface area contributed by atoms with Gasteiger partial charge in [0.15, 0.2) is 0 Å². The summed E-state index contributed by atoms with van der Waals surface area (Å²) in [6.07, 6.45) is 2.56. The van der Waals surface area contributed by atoms with Crippen LogP contribution in [-0.4, -0.2) is 48.6 Å². The molecule has 0 aliphatic carbocycles. The van der Waals surface area contributed by atoms with Crippen LogP contribution in [0.2, 0.25) is 0 Å². The summed E-state index contributed by atoms with van der Waals surface area (Å²) in [5.41, 5.74) is 0. The summed E-state index contributed by atoms with van der Waals surface area (Å²) in [4.78, 5) is 5.00. The van der Waals surface area contributed by atoms with Crippen LogP contribution in [0, 0.1) is 0 Å². The summed E-state index contributed by atoms with van der Waals surface area (Å²) in [6.45, 7) is 13.8. The van der Waals surface area contributed by atoms with E-state index in [1.165, 1.54) is 38.8 Å². The van der Waals surface area contributed by atoms with Crippen LogP contribution in [0.25, 0.3) is 0 Å². The lowest BCUT2D eigenvalue weighted by Gasteiger charge is -2.22. The van der Waals surface area contributed by atoms with E-state index in [0.717, 1.165) is 8.58 Å². The van der Waals surface area contributed by atoms with E-state index in [2.05, 4.69) is 37.5 Å². The molecule has 0 aromatic carbocycles.